The van der Waals surface area contributed by atoms with E-state index in [-0.39, 0.29) is 5.43 Å². The first-order valence-corrected chi connectivity index (χ1v) is 7.09. The van der Waals surface area contributed by atoms with Crippen LogP contribution in [0.25, 0.3) is 22.1 Å². The van der Waals surface area contributed by atoms with Gasteiger partial charge in [0.1, 0.15) is 5.76 Å². The quantitative estimate of drug-likeness (QED) is 0.614. The van der Waals surface area contributed by atoms with Gasteiger partial charge < -0.3 is 4.42 Å². The summed E-state index contributed by atoms with van der Waals surface area (Å²) in [4.78, 5) is 13.1. The number of hydrogen-bond acceptors (Lipinski definition) is 3. The maximum atomic E-state index is 11.9. The standard InChI is InChI=1S/C16H10O2S/c17-13-7-8-18-16-12(13)9-19-14-6-5-10-3-1-2-4-11(10)15(14)16/h1-8H,9H2. The van der Waals surface area contributed by atoms with Crippen LogP contribution >= 0.6 is 11.8 Å². The van der Waals surface area contributed by atoms with Crippen LogP contribution in [-0.2, 0) is 5.75 Å². The molecule has 0 unspecified atom stereocenters. The molecule has 0 spiro atoms. The number of thioether (sulfide) groups is 1. The van der Waals surface area contributed by atoms with Crippen LogP contribution in [0.1, 0.15) is 5.56 Å². The summed E-state index contributed by atoms with van der Waals surface area (Å²) < 4.78 is 5.65. The molecule has 1 aliphatic rings. The van der Waals surface area contributed by atoms with Gasteiger partial charge in [-0.05, 0) is 16.8 Å². The molecule has 92 valence electrons. The van der Waals surface area contributed by atoms with Crippen LogP contribution in [0.2, 0.25) is 0 Å². The van der Waals surface area contributed by atoms with Gasteiger partial charge in [-0.1, -0.05) is 30.3 Å². The summed E-state index contributed by atoms with van der Waals surface area (Å²) >= 11 is 1.70. The second kappa shape index (κ2) is 4.00. The third-order valence-corrected chi connectivity index (χ3v) is 4.55. The van der Waals surface area contributed by atoms with Crippen molar-refractivity contribution < 1.29 is 4.42 Å². The van der Waals surface area contributed by atoms with E-state index >= 15 is 0 Å². The molecule has 0 bridgehead atoms. The number of hydrogen-bond donors (Lipinski definition) is 0. The van der Waals surface area contributed by atoms with Crippen molar-refractivity contribution in [3.05, 3.63) is 64.5 Å². The zero-order chi connectivity index (χ0) is 12.8. The van der Waals surface area contributed by atoms with Crippen molar-refractivity contribution in [2.45, 2.75) is 10.6 Å². The molecule has 19 heavy (non-hydrogen) atoms. The molecule has 1 aliphatic heterocycles. The minimum atomic E-state index is 0.0623. The average Bonchev–Trinajstić information content (AvgIpc) is 2.47. The van der Waals surface area contributed by atoms with Crippen molar-refractivity contribution in [2.24, 2.45) is 0 Å². The first kappa shape index (κ1) is 10.9. The van der Waals surface area contributed by atoms with Gasteiger partial charge in [0, 0.05) is 22.3 Å². The number of rotatable bonds is 0. The molecule has 1 aromatic heterocycles. The third-order valence-electron chi connectivity index (χ3n) is 3.47. The highest BCUT2D eigenvalue weighted by Gasteiger charge is 2.22. The van der Waals surface area contributed by atoms with Crippen LogP contribution in [0.5, 0.6) is 0 Å². The largest absolute Gasteiger partial charge is 0.464 e. The van der Waals surface area contributed by atoms with Crippen LogP contribution in [0, 0.1) is 0 Å². The summed E-state index contributed by atoms with van der Waals surface area (Å²) in [6.07, 6.45) is 1.49. The highest BCUT2D eigenvalue weighted by Crippen LogP contribution is 2.43. The summed E-state index contributed by atoms with van der Waals surface area (Å²) in [5, 5.41) is 2.31. The van der Waals surface area contributed by atoms with Crippen LogP contribution < -0.4 is 5.43 Å². The van der Waals surface area contributed by atoms with Gasteiger partial charge in [-0.2, -0.15) is 0 Å². The van der Waals surface area contributed by atoms with Crippen LogP contribution in [-0.4, -0.2) is 0 Å². The maximum absolute atomic E-state index is 11.9. The number of fused-ring (bicyclic) bond motifs is 5. The van der Waals surface area contributed by atoms with Gasteiger partial charge in [0.15, 0.2) is 5.43 Å². The van der Waals surface area contributed by atoms with E-state index in [1.807, 2.05) is 12.1 Å². The highest BCUT2D eigenvalue weighted by molar-refractivity contribution is 7.98. The van der Waals surface area contributed by atoms with Gasteiger partial charge in [0.25, 0.3) is 0 Å². The average molecular weight is 266 g/mol. The molecule has 0 fully saturated rings. The topological polar surface area (TPSA) is 30.2 Å². The van der Waals surface area contributed by atoms with E-state index in [9.17, 15) is 4.79 Å². The molecule has 4 rings (SSSR count). The predicted molar refractivity (Wildman–Crippen MR) is 77.5 cm³/mol. The molecule has 0 saturated carbocycles. The molecule has 2 heterocycles. The van der Waals surface area contributed by atoms with Crippen molar-refractivity contribution >= 4 is 22.5 Å². The fraction of sp³-hybridized carbons (Fsp3) is 0.0625. The fourth-order valence-corrected chi connectivity index (χ4v) is 3.63. The van der Waals surface area contributed by atoms with E-state index in [0.717, 1.165) is 22.3 Å². The van der Waals surface area contributed by atoms with Gasteiger partial charge in [0.2, 0.25) is 0 Å². The second-order valence-electron chi connectivity index (χ2n) is 4.54. The van der Waals surface area contributed by atoms with Gasteiger partial charge in [-0.25, -0.2) is 0 Å². The molecule has 0 atom stereocenters. The second-order valence-corrected chi connectivity index (χ2v) is 5.56. The third kappa shape index (κ3) is 1.55. The van der Waals surface area contributed by atoms with Gasteiger partial charge >= 0.3 is 0 Å². The Kier molecular flexibility index (Phi) is 2.29. The molecule has 0 aliphatic carbocycles. The summed E-state index contributed by atoms with van der Waals surface area (Å²) in [6.45, 7) is 0. The lowest BCUT2D eigenvalue weighted by atomic mass is 9.99. The minimum absolute atomic E-state index is 0.0623. The smallest absolute Gasteiger partial charge is 0.189 e. The minimum Gasteiger partial charge on any atom is -0.464 e. The Morgan fingerprint density at radius 2 is 1.95 bits per heavy atom. The zero-order valence-electron chi connectivity index (χ0n) is 10.1. The van der Waals surface area contributed by atoms with E-state index in [0.29, 0.717) is 5.75 Å². The highest BCUT2D eigenvalue weighted by atomic mass is 32.2. The van der Waals surface area contributed by atoms with Crippen molar-refractivity contribution in [3.8, 4) is 11.3 Å². The summed E-state index contributed by atoms with van der Waals surface area (Å²) in [5.41, 5.74) is 1.89. The summed E-state index contributed by atoms with van der Waals surface area (Å²) in [6, 6.07) is 13.9. The molecular weight excluding hydrogens is 256 g/mol. The van der Waals surface area contributed by atoms with Crippen molar-refractivity contribution in [1.29, 1.82) is 0 Å². The predicted octanol–water partition coefficient (Wildman–Crippen LogP) is 4.07. The Bertz CT molecular complexity index is 849. The SMILES string of the molecule is O=c1ccoc2c1CSc1ccc3ccccc3c1-2. The molecule has 2 nitrogen and oxygen atoms in total. The normalized spacial score (nSPS) is 13.1. The Morgan fingerprint density at radius 1 is 1.05 bits per heavy atom. The Labute approximate surface area is 114 Å². The van der Waals surface area contributed by atoms with Crippen molar-refractivity contribution in [3.63, 3.8) is 0 Å². The lowest BCUT2D eigenvalue weighted by Crippen LogP contribution is -2.10. The van der Waals surface area contributed by atoms with E-state index in [1.165, 1.54) is 22.6 Å². The molecule has 3 aromatic rings. The molecule has 0 amide bonds. The Hall–Kier alpha value is -2.00. The van der Waals surface area contributed by atoms with Crippen LogP contribution in [0.4, 0.5) is 0 Å². The van der Waals surface area contributed by atoms with Crippen LogP contribution in [0.3, 0.4) is 0 Å². The first-order chi connectivity index (χ1) is 9.34. The lowest BCUT2D eigenvalue weighted by molar-refractivity contribution is 0.558. The molecule has 0 N–H and O–H groups in total. The van der Waals surface area contributed by atoms with Crippen molar-refractivity contribution in [1.82, 2.24) is 0 Å². The molecule has 0 saturated heterocycles. The Morgan fingerprint density at radius 3 is 2.89 bits per heavy atom. The molecule has 2 aromatic carbocycles. The van der Waals surface area contributed by atoms with E-state index in [2.05, 4.69) is 24.3 Å². The van der Waals surface area contributed by atoms with Gasteiger partial charge in [-0.15, -0.1) is 11.8 Å². The van der Waals surface area contributed by atoms with Gasteiger partial charge in [0.05, 0.1) is 11.8 Å². The zero-order valence-corrected chi connectivity index (χ0v) is 10.9. The van der Waals surface area contributed by atoms with E-state index in [1.54, 1.807) is 11.8 Å². The summed E-state index contributed by atoms with van der Waals surface area (Å²) in [5.74, 6) is 1.42. The monoisotopic (exact) mass is 266 g/mol. The maximum Gasteiger partial charge on any atom is 0.189 e. The first-order valence-electron chi connectivity index (χ1n) is 6.10. The molecule has 3 heteroatoms. The lowest BCUT2D eigenvalue weighted by Gasteiger charge is -2.18. The molecular formula is C16H10O2S. The van der Waals surface area contributed by atoms with Gasteiger partial charge in [-0.3, -0.25) is 4.79 Å². The Balaban J connectivity index is 2.18. The van der Waals surface area contributed by atoms with E-state index < -0.39 is 0 Å². The van der Waals surface area contributed by atoms with Crippen LogP contribution in [0.15, 0.2) is 62.8 Å². The van der Waals surface area contributed by atoms with E-state index in [4.69, 9.17) is 4.42 Å². The summed E-state index contributed by atoms with van der Waals surface area (Å²) in [7, 11) is 0. The number of benzene rings is 2. The molecule has 0 radical (unpaired) electrons. The van der Waals surface area contributed by atoms with Crippen molar-refractivity contribution in [2.75, 3.05) is 0 Å². The fourth-order valence-electron chi connectivity index (χ4n) is 2.55.